The van der Waals surface area contributed by atoms with E-state index < -0.39 is 16.1 Å². The van der Waals surface area contributed by atoms with E-state index >= 15 is 0 Å². The number of nitrogens with one attached hydrogen (secondary N) is 1. The molecular formula is C15H24ClN3O3S. The van der Waals surface area contributed by atoms with E-state index in [1.807, 2.05) is 19.0 Å². The maximum Gasteiger partial charge on any atom is 0.243 e. The summed E-state index contributed by atoms with van der Waals surface area (Å²) in [5.41, 5.74) is 1.14. The lowest BCUT2D eigenvalue weighted by Crippen LogP contribution is -2.49. The van der Waals surface area contributed by atoms with Gasteiger partial charge in [-0.15, -0.1) is 0 Å². The van der Waals surface area contributed by atoms with E-state index in [9.17, 15) is 13.2 Å². The number of benzene rings is 1. The average molecular weight is 362 g/mol. The lowest BCUT2D eigenvalue weighted by molar-refractivity contribution is -0.121. The molecule has 0 aliphatic rings. The SMILES string of the molecule is Cc1ccc(Cl)cc1N([C@H](C)C(=O)NCCN(C)C)S(C)(=O)=O. The predicted octanol–water partition coefficient (Wildman–Crippen LogP) is 1.48. The smallest absolute Gasteiger partial charge is 0.243 e. The summed E-state index contributed by atoms with van der Waals surface area (Å²) in [5, 5.41) is 3.17. The summed E-state index contributed by atoms with van der Waals surface area (Å²) in [7, 11) is 0.154. The number of aryl methyl sites for hydroxylation is 1. The zero-order valence-electron chi connectivity index (χ0n) is 14.1. The minimum atomic E-state index is -3.64. The van der Waals surface area contributed by atoms with E-state index in [1.54, 1.807) is 32.0 Å². The average Bonchev–Trinajstić information content (AvgIpc) is 2.40. The predicted molar refractivity (Wildman–Crippen MR) is 94.5 cm³/mol. The van der Waals surface area contributed by atoms with Gasteiger partial charge in [0.25, 0.3) is 0 Å². The van der Waals surface area contributed by atoms with Crippen molar-refractivity contribution in [1.82, 2.24) is 10.2 Å². The van der Waals surface area contributed by atoms with Crippen molar-refractivity contribution in [2.24, 2.45) is 0 Å². The summed E-state index contributed by atoms with van der Waals surface area (Å²) in [5.74, 6) is -0.350. The summed E-state index contributed by atoms with van der Waals surface area (Å²) < 4.78 is 25.5. The van der Waals surface area contributed by atoms with Crippen LogP contribution in [-0.4, -0.2) is 58.7 Å². The fourth-order valence-electron chi connectivity index (χ4n) is 2.15. The van der Waals surface area contributed by atoms with Crippen molar-refractivity contribution in [1.29, 1.82) is 0 Å². The zero-order chi connectivity index (χ0) is 17.8. The van der Waals surface area contributed by atoms with Crippen LogP contribution >= 0.6 is 11.6 Å². The molecule has 0 saturated carbocycles. The Morgan fingerprint density at radius 3 is 2.48 bits per heavy atom. The normalized spacial score (nSPS) is 13.0. The number of carbonyl (C=O) groups is 1. The second-order valence-corrected chi connectivity index (χ2v) is 8.06. The van der Waals surface area contributed by atoms with Crippen LogP contribution < -0.4 is 9.62 Å². The fourth-order valence-corrected chi connectivity index (χ4v) is 3.54. The number of carbonyl (C=O) groups excluding carboxylic acids is 1. The molecule has 1 aromatic carbocycles. The summed E-state index contributed by atoms with van der Waals surface area (Å²) in [6.07, 6.45) is 1.08. The number of sulfonamides is 1. The van der Waals surface area contributed by atoms with Gasteiger partial charge in [0.2, 0.25) is 15.9 Å². The molecular weight excluding hydrogens is 338 g/mol. The molecule has 0 fully saturated rings. The first-order valence-electron chi connectivity index (χ1n) is 7.22. The van der Waals surface area contributed by atoms with E-state index in [4.69, 9.17) is 11.6 Å². The third-order valence-electron chi connectivity index (χ3n) is 3.36. The highest BCUT2D eigenvalue weighted by Gasteiger charge is 2.30. The van der Waals surface area contributed by atoms with Crippen LogP contribution in [0.2, 0.25) is 5.02 Å². The van der Waals surface area contributed by atoms with Gasteiger partial charge in [0.15, 0.2) is 0 Å². The lowest BCUT2D eigenvalue weighted by atomic mass is 10.2. The van der Waals surface area contributed by atoms with Crippen molar-refractivity contribution in [3.8, 4) is 0 Å². The number of anilines is 1. The van der Waals surface area contributed by atoms with Crippen molar-refractivity contribution < 1.29 is 13.2 Å². The number of nitrogens with zero attached hydrogens (tertiary/aromatic N) is 2. The van der Waals surface area contributed by atoms with E-state index in [2.05, 4.69) is 5.32 Å². The second kappa shape index (κ2) is 7.99. The van der Waals surface area contributed by atoms with Gasteiger partial charge in [-0.3, -0.25) is 9.10 Å². The van der Waals surface area contributed by atoms with E-state index in [0.29, 0.717) is 23.8 Å². The van der Waals surface area contributed by atoms with Crippen LogP contribution in [0, 0.1) is 6.92 Å². The minimum Gasteiger partial charge on any atom is -0.353 e. The summed E-state index contributed by atoms with van der Waals surface area (Å²) in [6.45, 7) is 4.46. The number of likely N-dealkylation sites (N-methyl/N-ethyl adjacent to an activating group) is 1. The summed E-state index contributed by atoms with van der Waals surface area (Å²) >= 11 is 5.99. The van der Waals surface area contributed by atoms with Crippen LogP contribution in [0.3, 0.4) is 0 Å². The first kappa shape index (κ1) is 19.7. The topological polar surface area (TPSA) is 69.7 Å². The van der Waals surface area contributed by atoms with Gasteiger partial charge in [0, 0.05) is 18.1 Å². The Bertz CT molecular complexity index is 662. The van der Waals surface area contributed by atoms with Crippen molar-refractivity contribution >= 4 is 33.2 Å². The van der Waals surface area contributed by atoms with Crippen molar-refractivity contribution in [3.05, 3.63) is 28.8 Å². The van der Waals surface area contributed by atoms with E-state index in [1.165, 1.54) is 0 Å². The van der Waals surface area contributed by atoms with Gasteiger partial charge < -0.3 is 10.2 Å². The maximum absolute atomic E-state index is 12.3. The van der Waals surface area contributed by atoms with Gasteiger partial charge in [-0.1, -0.05) is 17.7 Å². The highest BCUT2D eigenvalue weighted by molar-refractivity contribution is 7.92. The molecule has 1 amide bonds. The molecule has 23 heavy (non-hydrogen) atoms. The van der Waals surface area contributed by atoms with Gasteiger partial charge in [0.1, 0.15) is 6.04 Å². The third-order valence-corrected chi connectivity index (χ3v) is 4.82. The molecule has 130 valence electrons. The molecule has 0 unspecified atom stereocenters. The van der Waals surface area contributed by atoms with Crippen LogP contribution in [0.1, 0.15) is 12.5 Å². The Kier molecular flexibility index (Phi) is 6.85. The monoisotopic (exact) mass is 361 g/mol. The van der Waals surface area contributed by atoms with Crippen LogP contribution in [-0.2, 0) is 14.8 Å². The van der Waals surface area contributed by atoms with Gasteiger partial charge in [-0.2, -0.15) is 0 Å². The number of hydrogen-bond donors (Lipinski definition) is 1. The quantitative estimate of drug-likeness (QED) is 0.798. The fraction of sp³-hybridized carbons (Fsp3) is 0.533. The second-order valence-electron chi connectivity index (χ2n) is 5.76. The van der Waals surface area contributed by atoms with E-state index in [0.717, 1.165) is 16.1 Å². The number of halogens is 1. The maximum atomic E-state index is 12.3. The summed E-state index contributed by atoms with van der Waals surface area (Å²) in [6, 6.07) is 4.10. The largest absolute Gasteiger partial charge is 0.353 e. The molecule has 1 rings (SSSR count). The molecule has 1 N–H and O–H groups in total. The number of hydrogen-bond acceptors (Lipinski definition) is 4. The lowest BCUT2D eigenvalue weighted by Gasteiger charge is -2.29. The minimum absolute atomic E-state index is 0.350. The molecule has 0 heterocycles. The molecule has 8 heteroatoms. The molecule has 0 bridgehead atoms. The Balaban J connectivity index is 3.08. The molecule has 6 nitrogen and oxygen atoms in total. The van der Waals surface area contributed by atoms with Crippen LogP contribution in [0.15, 0.2) is 18.2 Å². The zero-order valence-corrected chi connectivity index (χ0v) is 15.7. The first-order chi connectivity index (χ1) is 10.5. The Labute approximate surface area is 143 Å². The molecule has 0 saturated heterocycles. The molecule has 0 aliphatic heterocycles. The summed E-state index contributed by atoms with van der Waals surface area (Å²) in [4.78, 5) is 14.2. The van der Waals surface area contributed by atoms with Gasteiger partial charge in [-0.05, 0) is 45.6 Å². The highest BCUT2D eigenvalue weighted by atomic mass is 35.5. The van der Waals surface area contributed by atoms with Crippen molar-refractivity contribution in [2.45, 2.75) is 19.9 Å². The molecule has 0 aromatic heterocycles. The van der Waals surface area contributed by atoms with Crippen LogP contribution in [0.25, 0.3) is 0 Å². The molecule has 1 atom stereocenters. The standard InChI is InChI=1S/C15H24ClN3O3S/c1-11-6-7-13(16)10-14(11)19(23(5,21)22)12(2)15(20)17-8-9-18(3)4/h6-7,10,12H,8-9H2,1-5H3,(H,17,20)/t12-/m1/s1. The van der Waals surface area contributed by atoms with Crippen LogP contribution in [0.5, 0.6) is 0 Å². The first-order valence-corrected chi connectivity index (χ1v) is 9.44. The molecule has 0 radical (unpaired) electrons. The van der Waals surface area contributed by atoms with Gasteiger partial charge >= 0.3 is 0 Å². The number of rotatable bonds is 7. The third kappa shape index (κ3) is 5.67. The van der Waals surface area contributed by atoms with Crippen molar-refractivity contribution in [2.75, 3.05) is 37.7 Å². The molecule has 0 spiro atoms. The molecule has 1 aromatic rings. The van der Waals surface area contributed by atoms with Crippen LogP contribution in [0.4, 0.5) is 5.69 Å². The number of amides is 1. The van der Waals surface area contributed by atoms with Gasteiger partial charge in [0.05, 0.1) is 11.9 Å². The van der Waals surface area contributed by atoms with E-state index in [-0.39, 0.29) is 5.91 Å². The van der Waals surface area contributed by atoms with Crippen molar-refractivity contribution in [3.63, 3.8) is 0 Å². The Morgan fingerprint density at radius 1 is 1.35 bits per heavy atom. The van der Waals surface area contributed by atoms with Gasteiger partial charge in [-0.25, -0.2) is 8.42 Å². The Hall–Kier alpha value is -1.31. The Morgan fingerprint density at radius 2 is 1.96 bits per heavy atom. The highest BCUT2D eigenvalue weighted by Crippen LogP contribution is 2.28. The molecule has 0 aliphatic carbocycles.